The number of nitrogens with one attached hydrogen (secondary N) is 2. The number of amides is 1. The molecule has 0 fully saturated rings. The molecule has 5 heteroatoms. The van der Waals surface area contributed by atoms with Gasteiger partial charge in [-0.25, -0.2) is 0 Å². The molecule has 1 aromatic rings. The second-order valence-corrected chi connectivity index (χ2v) is 4.89. The number of anilines is 2. The number of carbonyl (C=O) groups is 1. The molecular formula is C12H17N3OS. The first-order valence-corrected chi connectivity index (χ1v) is 6.64. The van der Waals surface area contributed by atoms with E-state index in [0.29, 0.717) is 5.75 Å². The second kappa shape index (κ2) is 5.42. The Morgan fingerprint density at radius 1 is 1.41 bits per heavy atom. The Kier molecular flexibility index (Phi) is 3.91. The second-order valence-electron chi connectivity index (χ2n) is 3.87. The van der Waals surface area contributed by atoms with Gasteiger partial charge in [0.1, 0.15) is 0 Å². The molecule has 1 aromatic carbocycles. The van der Waals surface area contributed by atoms with E-state index in [1.165, 1.54) is 4.90 Å². The summed E-state index contributed by atoms with van der Waals surface area (Å²) < 4.78 is 0. The predicted octanol–water partition coefficient (Wildman–Crippen LogP) is 1.39. The largest absolute Gasteiger partial charge is 0.388 e. The first-order valence-electron chi connectivity index (χ1n) is 5.66. The summed E-state index contributed by atoms with van der Waals surface area (Å²) in [6.07, 6.45) is 0. The maximum Gasteiger partial charge on any atom is 0.237 e. The summed E-state index contributed by atoms with van der Waals surface area (Å²) in [4.78, 5) is 15.0. The van der Waals surface area contributed by atoms with Crippen LogP contribution >= 0.6 is 11.8 Å². The van der Waals surface area contributed by atoms with Gasteiger partial charge in [0.05, 0.1) is 11.4 Å². The lowest BCUT2D eigenvalue weighted by Crippen LogP contribution is -2.39. The van der Waals surface area contributed by atoms with Crippen molar-refractivity contribution in [2.75, 3.05) is 43.2 Å². The lowest BCUT2D eigenvalue weighted by atomic mass is 10.2. The zero-order valence-electron chi connectivity index (χ0n) is 10.1. The molecule has 0 radical (unpaired) electrons. The quantitative estimate of drug-likeness (QED) is 0.849. The monoisotopic (exact) mass is 251 g/mol. The Bertz CT molecular complexity index is 422. The molecule has 0 aliphatic carbocycles. The Labute approximate surface area is 106 Å². The summed E-state index contributed by atoms with van der Waals surface area (Å²) in [6.45, 7) is 1.52. The predicted molar refractivity (Wildman–Crippen MR) is 73.0 cm³/mol. The van der Waals surface area contributed by atoms with Crippen LogP contribution in [0.5, 0.6) is 0 Å². The molecule has 1 heterocycles. The minimum atomic E-state index is 0.186. The number of likely N-dealkylation sites (N-methyl/N-ethyl adjacent to an activating group) is 1. The van der Waals surface area contributed by atoms with Crippen LogP contribution in [0.2, 0.25) is 0 Å². The van der Waals surface area contributed by atoms with Gasteiger partial charge in [-0.3, -0.25) is 4.79 Å². The lowest BCUT2D eigenvalue weighted by Gasteiger charge is -2.29. The van der Waals surface area contributed by atoms with Gasteiger partial charge in [-0.1, -0.05) is 0 Å². The van der Waals surface area contributed by atoms with Crippen LogP contribution in [0.3, 0.4) is 0 Å². The molecule has 17 heavy (non-hydrogen) atoms. The van der Waals surface area contributed by atoms with Crippen molar-refractivity contribution in [1.29, 1.82) is 0 Å². The highest BCUT2D eigenvalue weighted by Crippen LogP contribution is 2.36. The number of rotatable bonds is 4. The van der Waals surface area contributed by atoms with Crippen molar-refractivity contribution in [2.45, 2.75) is 4.90 Å². The molecule has 2 N–H and O–H groups in total. The molecule has 0 aromatic heterocycles. The number of hydrogen-bond donors (Lipinski definition) is 2. The summed E-state index contributed by atoms with van der Waals surface area (Å²) in [6, 6.07) is 6.15. The summed E-state index contributed by atoms with van der Waals surface area (Å²) in [7, 11) is 3.78. The number of carbonyl (C=O) groups excluding carboxylic acids is 1. The molecule has 1 amide bonds. The van der Waals surface area contributed by atoms with E-state index in [4.69, 9.17) is 0 Å². The summed E-state index contributed by atoms with van der Waals surface area (Å²) >= 11 is 1.61. The first-order chi connectivity index (χ1) is 8.26. The van der Waals surface area contributed by atoms with Crippen molar-refractivity contribution in [3.05, 3.63) is 18.2 Å². The zero-order valence-corrected chi connectivity index (χ0v) is 10.9. The summed E-state index contributed by atoms with van der Waals surface area (Å²) in [5, 5.41) is 6.18. The van der Waals surface area contributed by atoms with Crippen molar-refractivity contribution in [3.63, 3.8) is 0 Å². The van der Waals surface area contributed by atoms with E-state index in [-0.39, 0.29) is 5.91 Å². The van der Waals surface area contributed by atoms with E-state index in [2.05, 4.69) is 16.7 Å². The van der Waals surface area contributed by atoms with E-state index in [9.17, 15) is 4.79 Å². The standard InChI is InChI=1S/C12H17N3OS/c1-13-5-6-15-10-7-9(14-2)3-4-11(10)17-8-12(15)16/h3-4,7,13-14H,5-6,8H2,1-2H3. The Balaban J connectivity index is 2.31. The van der Waals surface area contributed by atoms with Crippen LogP contribution in [0, 0.1) is 0 Å². The van der Waals surface area contributed by atoms with E-state index in [1.807, 2.05) is 31.1 Å². The SMILES string of the molecule is CNCCN1C(=O)CSc2ccc(NC)cc21. The molecule has 0 saturated carbocycles. The van der Waals surface area contributed by atoms with Crippen LogP contribution in [-0.2, 0) is 4.79 Å². The van der Waals surface area contributed by atoms with Crippen molar-refractivity contribution < 1.29 is 4.79 Å². The minimum Gasteiger partial charge on any atom is -0.388 e. The van der Waals surface area contributed by atoms with Crippen LogP contribution in [0.15, 0.2) is 23.1 Å². The van der Waals surface area contributed by atoms with Crippen LogP contribution < -0.4 is 15.5 Å². The maximum absolute atomic E-state index is 11.9. The number of nitrogens with zero attached hydrogens (tertiary/aromatic N) is 1. The smallest absolute Gasteiger partial charge is 0.237 e. The van der Waals surface area contributed by atoms with Gasteiger partial charge in [-0.2, -0.15) is 0 Å². The normalized spacial score (nSPS) is 14.7. The van der Waals surface area contributed by atoms with E-state index >= 15 is 0 Å². The Hall–Kier alpha value is -1.20. The highest BCUT2D eigenvalue weighted by molar-refractivity contribution is 8.00. The van der Waals surface area contributed by atoms with E-state index < -0.39 is 0 Å². The fourth-order valence-corrected chi connectivity index (χ4v) is 2.74. The maximum atomic E-state index is 11.9. The molecule has 92 valence electrons. The van der Waals surface area contributed by atoms with Crippen LogP contribution in [0.25, 0.3) is 0 Å². The number of hydrogen-bond acceptors (Lipinski definition) is 4. The molecule has 0 spiro atoms. The highest BCUT2D eigenvalue weighted by Gasteiger charge is 2.24. The van der Waals surface area contributed by atoms with Crippen molar-refractivity contribution in [3.8, 4) is 0 Å². The third-order valence-corrected chi connectivity index (χ3v) is 3.82. The third kappa shape index (κ3) is 2.56. The number of fused-ring (bicyclic) bond motifs is 1. The van der Waals surface area contributed by atoms with Crippen molar-refractivity contribution >= 4 is 29.0 Å². The highest BCUT2D eigenvalue weighted by atomic mass is 32.2. The molecule has 0 bridgehead atoms. The van der Waals surface area contributed by atoms with Gasteiger partial charge in [-0.05, 0) is 25.2 Å². The summed E-state index contributed by atoms with van der Waals surface area (Å²) in [5.74, 6) is 0.723. The Morgan fingerprint density at radius 3 is 2.94 bits per heavy atom. The van der Waals surface area contributed by atoms with Gasteiger partial charge in [0, 0.05) is 30.7 Å². The molecule has 0 saturated heterocycles. The molecule has 1 aliphatic rings. The van der Waals surface area contributed by atoms with Gasteiger partial charge in [0.25, 0.3) is 0 Å². The molecule has 4 nitrogen and oxygen atoms in total. The van der Waals surface area contributed by atoms with E-state index in [0.717, 1.165) is 24.5 Å². The average molecular weight is 251 g/mol. The number of thioether (sulfide) groups is 1. The van der Waals surface area contributed by atoms with Gasteiger partial charge in [0.2, 0.25) is 5.91 Å². The fourth-order valence-electron chi connectivity index (χ4n) is 1.83. The summed E-state index contributed by atoms with van der Waals surface area (Å²) in [5.41, 5.74) is 2.06. The molecule has 0 unspecified atom stereocenters. The van der Waals surface area contributed by atoms with Gasteiger partial charge in [0.15, 0.2) is 0 Å². The van der Waals surface area contributed by atoms with Crippen LogP contribution in [0.4, 0.5) is 11.4 Å². The minimum absolute atomic E-state index is 0.186. The zero-order chi connectivity index (χ0) is 12.3. The molecule has 2 rings (SSSR count). The fraction of sp³-hybridized carbons (Fsp3) is 0.417. The first kappa shape index (κ1) is 12.3. The lowest BCUT2D eigenvalue weighted by molar-refractivity contribution is -0.116. The average Bonchev–Trinajstić information content (AvgIpc) is 2.37. The van der Waals surface area contributed by atoms with Gasteiger partial charge >= 0.3 is 0 Å². The molecule has 0 atom stereocenters. The Morgan fingerprint density at radius 2 is 2.24 bits per heavy atom. The van der Waals surface area contributed by atoms with Crippen molar-refractivity contribution in [1.82, 2.24) is 5.32 Å². The van der Waals surface area contributed by atoms with Crippen LogP contribution in [0.1, 0.15) is 0 Å². The topological polar surface area (TPSA) is 44.4 Å². The van der Waals surface area contributed by atoms with Crippen molar-refractivity contribution in [2.24, 2.45) is 0 Å². The molecular weight excluding hydrogens is 234 g/mol. The van der Waals surface area contributed by atoms with E-state index in [1.54, 1.807) is 11.8 Å². The third-order valence-electron chi connectivity index (χ3n) is 2.78. The van der Waals surface area contributed by atoms with Gasteiger partial charge < -0.3 is 15.5 Å². The van der Waals surface area contributed by atoms with Gasteiger partial charge in [-0.15, -0.1) is 11.8 Å². The number of benzene rings is 1. The van der Waals surface area contributed by atoms with Crippen LogP contribution in [-0.4, -0.2) is 38.8 Å². The molecule has 1 aliphatic heterocycles.